The summed E-state index contributed by atoms with van der Waals surface area (Å²) < 4.78 is 33.5. The van der Waals surface area contributed by atoms with E-state index in [4.69, 9.17) is 4.74 Å². The van der Waals surface area contributed by atoms with Gasteiger partial charge in [0.15, 0.2) is 5.78 Å². The molecule has 3 nitrogen and oxygen atoms in total. The molecule has 2 saturated carbocycles. The van der Waals surface area contributed by atoms with Gasteiger partial charge in [-0.3, -0.25) is 4.79 Å². The smallest absolute Gasteiger partial charge is 0.305 e. The first kappa shape index (κ1) is 25.2. The van der Waals surface area contributed by atoms with E-state index >= 15 is 0 Å². The van der Waals surface area contributed by atoms with Gasteiger partial charge >= 0.3 is 5.92 Å². The summed E-state index contributed by atoms with van der Waals surface area (Å²) in [5, 5.41) is 11.8. The highest BCUT2D eigenvalue weighted by molar-refractivity contribution is 5.93. The molecule has 0 spiro atoms. The Morgan fingerprint density at radius 1 is 1.19 bits per heavy atom. The van der Waals surface area contributed by atoms with Crippen molar-refractivity contribution in [3.8, 4) is 17.6 Å². The molecule has 0 amide bonds. The second kappa shape index (κ2) is 8.84. The summed E-state index contributed by atoms with van der Waals surface area (Å²) in [5.74, 6) is 2.98. The minimum Gasteiger partial charge on any atom is -0.491 e. The van der Waals surface area contributed by atoms with Crippen molar-refractivity contribution in [2.75, 3.05) is 0 Å². The number of fused-ring (bicyclic) bond motifs is 4. The molecule has 0 aliphatic heterocycles. The second-order valence-electron chi connectivity index (χ2n) is 11.8. The van der Waals surface area contributed by atoms with Gasteiger partial charge in [-0.2, -0.15) is 8.78 Å². The normalized spacial score (nSPS) is 33.8. The number of hydrogen-bond acceptors (Lipinski definition) is 3. The predicted octanol–water partition coefficient (Wildman–Crippen LogP) is 6.76. The third-order valence-electron chi connectivity index (χ3n) is 9.01. The minimum atomic E-state index is -3.15. The zero-order valence-corrected chi connectivity index (χ0v) is 21.7. The quantitative estimate of drug-likeness (QED) is 0.472. The second-order valence-corrected chi connectivity index (χ2v) is 11.8. The molecule has 0 heterocycles. The highest BCUT2D eigenvalue weighted by Crippen LogP contribution is 2.66. The van der Waals surface area contributed by atoms with Crippen molar-refractivity contribution in [2.45, 2.75) is 96.2 Å². The number of halogens is 2. The molecule has 0 saturated heterocycles. The molecular weight excluding hydrogens is 458 g/mol. The maximum absolute atomic E-state index is 13.7. The van der Waals surface area contributed by atoms with E-state index in [0.717, 1.165) is 43.9 Å². The average Bonchev–Trinajstić information content (AvgIpc) is 3.07. The van der Waals surface area contributed by atoms with Crippen LogP contribution >= 0.6 is 0 Å². The lowest BCUT2D eigenvalue weighted by molar-refractivity contribution is -0.114. The Kier molecular flexibility index (Phi) is 6.19. The third kappa shape index (κ3) is 4.32. The number of hydrogen-bond donors (Lipinski definition) is 1. The van der Waals surface area contributed by atoms with Crippen LogP contribution < -0.4 is 4.74 Å². The molecule has 0 aromatic heterocycles. The Morgan fingerprint density at radius 3 is 2.69 bits per heavy atom. The molecule has 5 heteroatoms. The van der Waals surface area contributed by atoms with Gasteiger partial charge in [-0.05, 0) is 105 Å². The Morgan fingerprint density at radius 2 is 1.97 bits per heavy atom. The summed E-state index contributed by atoms with van der Waals surface area (Å²) in [6.45, 7) is 6.84. The Balaban J connectivity index is 1.65. The number of aliphatic hydroxyl groups is 1. The molecule has 192 valence electrons. The summed E-state index contributed by atoms with van der Waals surface area (Å²) >= 11 is 0. The lowest BCUT2D eigenvalue weighted by Crippen LogP contribution is -2.51. The van der Waals surface area contributed by atoms with Crippen LogP contribution in [0.2, 0.25) is 0 Å². The van der Waals surface area contributed by atoms with E-state index in [1.54, 1.807) is 0 Å². The minimum absolute atomic E-state index is 0.00688. The Hall–Kier alpha value is -2.45. The van der Waals surface area contributed by atoms with E-state index in [0.29, 0.717) is 19.3 Å². The van der Waals surface area contributed by atoms with Gasteiger partial charge in [0.1, 0.15) is 11.4 Å². The molecule has 5 atom stereocenters. The molecule has 1 N–H and O–H groups in total. The molecule has 5 rings (SSSR count). The molecule has 0 radical (unpaired) electrons. The van der Waals surface area contributed by atoms with E-state index < -0.39 is 16.9 Å². The average molecular weight is 495 g/mol. The summed E-state index contributed by atoms with van der Waals surface area (Å²) in [4.78, 5) is 12.2. The van der Waals surface area contributed by atoms with Crippen LogP contribution in [0.4, 0.5) is 8.78 Å². The number of rotatable bonds is 3. The molecule has 0 bridgehead atoms. The van der Waals surface area contributed by atoms with Crippen LogP contribution in [0.3, 0.4) is 0 Å². The first-order valence-electron chi connectivity index (χ1n) is 13.3. The summed E-state index contributed by atoms with van der Waals surface area (Å²) in [5.41, 5.74) is 2.90. The van der Waals surface area contributed by atoms with Crippen molar-refractivity contribution in [1.82, 2.24) is 0 Å². The van der Waals surface area contributed by atoms with E-state index in [1.807, 2.05) is 32.1 Å². The first-order chi connectivity index (χ1) is 16.9. The zero-order chi connectivity index (χ0) is 25.9. The van der Waals surface area contributed by atoms with Gasteiger partial charge in [-0.25, -0.2) is 0 Å². The molecular formula is C31H36F2O3. The van der Waals surface area contributed by atoms with Crippen molar-refractivity contribution in [1.29, 1.82) is 0 Å². The lowest BCUT2D eigenvalue weighted by atomic mass is 9.51. The summed E-state index contributed by atoms with van der Waals surface area (Å²) in [7, 11) is 0. The van der Waals surface area contributed by atoms with Crippen LogP contribution in [0, 0.1) is 29.1 Å². The monoisotopic (exact) mass is 494 g/mol. The molecule has 36 heavy (non-hydrogen) atoms. The van der Waals surface area contributed by atoms with Crippen molar-refractivity contribution >= 4 is 5.78 Å². The summed E-state index contributed by atoms with van der Waals surface area (Å²) in [6, 6.07) is 8.16. The fourth-order valence-electron chi connectivity index (χ4n) is 7.46. The van der Waals surface area contributed by atoms with Crippen molar-refractivity contribution in [3.63, 3.8) is 0 Å². The van der Waals surface area contributed by atoms with E-state index in [2.05, 4.69) is 30.9 Å². The van der Waals surface area contributed by atoms with Gasteiger partial charge in [-0.15, -0.1) is 0 Å². The Labute approximate surface area is 213 Å². The topological polar surface area (TPSA) is 46.5 Å². The predicted molar refractivity (Wildman–Crippen MR) is 136 cm³/mol. The van der Waals surface area contributed by atoms with Gasteiger partial charge < -0.3 is 9.84 Å². The molecule has 1 aromatic rings. The highest BCUT2D eigenvalue weighted by Gasteiger charge is 2.62. The standard InChI is InChI=1S/C31H36F2O3/c1-19(2)36-23-7-5-6-20(17-23)26-18-29(3)27(12-13-31(29,35)15-14-30(4,32)33)25-10-8-21-16-22(34)9-11-24(21)28(25)26/h5-7,16-17,19,25-27,35H,8-13,18H2,1-4H3/t25-,26+,27-,29-,31+/m0/s1. The van der Waals surface area contributed by atoms with Crippen molar-refractivity contribution < 1.29 is 23.4 Å². The van der Waals surface area contributed by atoms with Crippen LogP contribution in [0.5, 0.6) is 5.75 Å². The maximum Gasteiger partial charge on any atom is 0.305 e. The maximum atomic E-state index is 13.7. The number of carbonyl (C=O) groups is 1. The van der Waals surface area contributed by atoms with Gasteiger partial charge in [0.25, 0.3) is 0 Å². The number of benzene rings is 1. The lowest BCUT2D eigenvalue weighted by Gasteiger charge is -2.53. The molecule has 4 aliphatic carbocycles. The highest BCUT2D eigenvalue weighted by atomic mass is 19.3. The largest absolute Gasteiger partial charge is 0.491 e. The molecule has 4 aliphatic rings. The van der Waals surface area contributed by atoms with Gasteiger partial charge in [0, 0.05) is 24.7 Å². The van der Waals surface area contributed by atoms with Crippen LogP contribution in [0.15, 0.2) is 47.1 Å². The van der Waals surface area contributed by atoms with E-state index in [-0.39, 0.29) is 29.6 Å². The van der Waals surface area contributed by atoms with Crippen LogP contribution in [0.25, 0.3) is 0 Å². The van der Waals surface area contributed by atoms with Crippen molar-refractivity contribution in [3.05, 3.63) is 52.6 Å². The fourth-order valence-corrected chi connectivity index (χ4v) is 7.46. The number of carbonyl (C=O) groups excluding carboxylic acids is 1. The number of ether oxygens (including phenoxy) is 1. The molecule has 1 aromatic carbocycles. The molecule has 2 fully saturated rings. The third-order valence-corrected chi connectivity index (χ3v) is 9.01. The molecule has 0 unspecified atom stereocenters. The Bertz CT molecular complexity index is 1190. The number of allylic oxidation sites excluding steroid dienone is 4. The van der Waals surface area contributed by atoms with Crippen LogP contribution in [-0.4, -0.2) is 28.5 Å². The van der Waals surface area contributed by atoms with Crippen LogP contribution in [-0.2, 0) is 4.79 Å². The van der Waals surface area contributed by atoms with Gasteiger partial charge in [-0.1, -0.05) is 30.6 Å². The van der Waals surface area contributed by atoms with Gasteiger partial charge in [0.2, 0.25) is 0 Å². The number of alkyl halides is 2. The zero-order valence-electron chi connectivity index (χ0n) is 21.7. The number of ketones is 1. The van der Waals surface area contributed by atoms with Gasteiger partial charge in [0.05, 0.1) is 6.10 Å². The van der Waals surface area contributed by atoms with E-state index in [9.17, 15) is 18.7 Å². The van der Waals surface area contributed by atoms with E-state index in [1.165, 1.54) is 16.7 Å². The fraction of sp³-hybridized carbons (Fsp3) is 0.581. The van der Waals surface area contributed by atoms with Crippen molar-refractivity contribution in [2.24, 2.45) is 17.3 Å². The van der Waals surface area contributed by atoms with Crippen LogP contribution in [0.1, 0.15) is 84.1 Å². The SMILES string of the molecule is CC(C)Oc1cccc([C@H]2C[C@@]3(C)[C@@H](CC[C@@]3(O)C#CC(C)(F)F)[C@@H]3CCC4=CC(=O)CCC4=C32)c1. The summed E-state index contributed by atoms with van der Waals surface area (Å²) in [6.07, 6.45) is 6.71. The first-order valence-corrected chi connectivity index (χ1v) is 13.3.